The minimum absolute atomic E-state index is 0.169. The summed E-state index contributed by atoms with van der Waals surface area (Å²) < 4.78 is 0. The van der Waals surface area contributed by atoms with Crippen molar-refractivity contribution in [3.05, 3.63) is 12.7 Å². The Kier molecular flexibility index (Phi) is 4.15. The zero-order valence-electron chi connectivity index (χ0n) is 3.78. The molecule has 0 nitrogen and oxygen atoms in total. The zero-order chi connectivity index (χ0) is 4.83. The van der Waals surface area contributed by atoms with Gasteiger partial charge in [-0.05, 0) is 6.04 Å². The largest absolute Gasteiger partial charge is 0.143 e. The van der Waals surface area contributed by atoms with Gasteiger partial charge in [-0.25, -0.2) is 0 Å². The van der Waals surface area contributed by atoms with Crippen molar-refractivity contribution in [1.82, 2.24) is 0 Å². The highest BCUT2D eigenvalue weighted by Gasteiger charge is 1.68. The van der Waals surface area contributed by atoms with Crippen molar-refractivity contribution < 1.29 is 0 Å². The lowest BCUT2D eigenvalue weighted by atomic mass is 10.8. The summed E-state index contributed by atoms with van der Waals surface area (Å²) in [6.07, 6.45) is 6.86. The van der Waals surface area contributed by atoms with Gasteiger partial charge in [0.1, 0.15) is 9.52 Å². The van der Waals surface area contributed by atoms with Crippen LogP contribution in [0.2, 0.25) is 6.04 Å². The quantitative estimate of drug-likeness (QED) is 0.201. The molecule has 0 heterocycles. The van der Waals surface area contributed by atoms with Crippen LogP contribution in [0, 0.1) is 12.0 Å². The van der Waals surface area contributed by atoms with Gasteiger partial charge in [-0.3, -0.25) is 0 Å². The third-order valence-electron chi connectivity index (χ3n) is 0.493. The molecule has 0 aliphatic rings. The van der Waals surface area contributed by atoms with Crippen molar-refractivity contribution in [2.24, 2.45) is 0 Å². The second kappa shape index (κ2) is 4.52. The van der Waals surface area contributed by atoms with Gasteiger partial charge in [-0.2, -0.15) is 0 Å². The molecule has 0 saturated heterocycles. The number of terminal acetylenes is 1. The van der Waals surface area contributed by atoms with Crippen molar-refractivity contribution >= 4 is 9.52 Å². The number of hydrogen-bond donors (Lipinski definition) is 0. The molecule has 0 aliphatic carbocycles. The highest BCUT2D eigenvalue weighted by molar-refractivity contribution is 6.46. The third-order valence-corrected chi connectivity index (χ3v) is 1.48. The molecule has 0 rings (SSSR count). The molecule has 0 unspecified atom stereocenters. The maximum atomic E-state index is 4.98. The molecule has 0 aromatic rings. The van der Waals surface area contributed by atoms with E-state index in [9.17, 15) is 0 Å². The molecule has 0 aromatic carbocycles. The highest BCUT2D eigenvalue weighted by Crippen LogP contribution is 1.72. The van der Waals surface area contributed by atoms with E-state index >= 15 is 0 Å². The average Bonchev–Trinajstić information content (AvgIpc) is 1.61. The molecule has 0 spiro atoms. The van der Waals surface area contributed by atoms with E-state index in [1.54, 1.807) is 0 Å². The number of rotatable bonds is 2. The molecule has 0 aliphatic heterocycles. The summed E-state index contributed by atoms with van der Waals surface area (Å²) in [5, 5.41) is 0. The first-order valence-corrected chi connectivity index (χ1v) is 3.67. The van der Waals surface area contributed by atoms with Gasteiger partial charge in [0.2, 0.25) is 0 Å². The number of allylic oxidation sites excluding steroid dienone is 1. The molecule has 0 saturated carbocycles. The lowest BCUT2D eigenvalue weighted by Gasteiger charge is -1.71. The third kappa shape index (κ3) is 3.52. The lowest BCUT2D eigenvalue weighted by molar-refractivity contribution is 1.74. The predicted octanol–water partition coefficient (Wildman–Crippen LogP) is 0.350. The maximum Gasteiger partial charge on any atom is 0.110 e. The topological polar surface area (TPSA) is 0 Å². The first kappa shape index (κ1) is 5.52. The van der Waals surface area contributed by atoms with Crippen LogP contribution < -0.4 is 0 Å². The summed E-state index contributed by atoms with van der Waals surface area (Å²) in [6, 6.07) is 1.08. The Morgan fingerprint density at radius 2 is 2.67 bits per heavy atom. The molecule has 0 atom stereocenters. The van der Waals surface area contributed by atoms with Gasteiger partial charge in [0.15, 0.2) is 0 Å². The molecule has 1 heteroatoms. The average molecular weight is 96.2 g/mol. The minimum Gasteiger partial charge on any atom is -0.143 e. The monoisotopic (exact) mass is 96.0 g/mol. The van der Waals surface area contributed by atoms with Gasteiger partial charge in [0, 0.05) is 0 Å². The zero-order valence-corrected chi connectivity index (χ0v) is 5.19. The Bertz CT molecular complexity index is 68.5. The second-order valence-corrected chi connectivity index (χ2v) is 2.52. The number of hydrogen-bond acceptors (Lipinski definition) is 0. The van der Waals surface area contributed by atoms with Crippen molar-refractivity contribution in [3.63, 3.8) is 0 Å². The highest BCUT2D eigenvalue weighted by atomic mass is 28.2. The molecule has 0 fully saturated rings. The van der Waals surface area contributed by atoms with E-state index in [0.717, 1.165) is 6.04 Å². The molecule has 0 bridgehead atoms. The van der Waals surface area contributed by atoms with Gasteiger partial charge in [0.25, 0.3) is 0 Å². The van der Waals surface area contributed by atoms with Crippen LogP contribution in [0.15, 0.2) is 12.7 Å². The lowest BCUT2D eigenvalue weighted by Crippen LogP contribution is -1.75. The smallest absolute Gasteiger partial charge is 0.110 e. The summed E-state index contributed by atoms with van der Waals surface area (Å²) in [5.74, 6) is 0. The van der Waals surface area contributed by atoms with E-state index in [-0.39, 0.29) is 9.52 Å². The fourth-order valence-corrected chi connectivity index (χ4v) is 0.556. The molecule has 32 valence electrons. The van der Waals surface area contributed by atoms with Crippen molar-refractivity contribution in [2.75, 3.05) is 0 Å². The van der Waals surface area contributed by atoms with E-state index in [1.807, 2.05) is 6.08 Å². The minimum atomic E-state index is -0.169. The van der Waals surface area contributed by atoms with E-state index in [4.69, 9.17) is 6.42 Å². The molecule has 0 aromatic heterocycles. The van der Waals surface area contributed by atoms with Crippen LogP contribution in [-0.2, 0) is 0 Å². The Balaban J connectivity index is 2.72. The second-order valence-electron chi connectivity index (χ2n) is 1.03. The fraction of sp³-hybridized carbons (Fsp3) is 0.200. The van der Waals surface area contributed by atoms with Crippen molar-refractivity contribution in [3.8, 4) is 12.0 Å². The van der Waals surface area contributed by atoms with E-state index in [1.165, 1.54) is 0 Å². The summed E-state index contributed by atoms with van der Waals surface area (Å²) >= 11 is 0. The van der Waals surface area contributed by atoms with Gasteiger partial charge in [0.05, 0.1) is 0 Å². The van der Waals surface area contributed by atoms with Crippen molar-refractivity contribution in [2.45, 2.75) is 6.04 Å². The van der Waals surface area contributed by atoms with Crippen LogP contribution in [0.1, 0.15) is 0 Å². The normalized spacial score (nSPS) is 8.50. The van der Waals surface area contributed by atoms with Crippen LogP contribution in [0.25, 0.3) is 0 Å². The SMILES string of the molecule is C#C[SiH2]CC=C. The van der Waals surface area contributed by atoms with E-state index in [0.29, 0.717) is 0 Å². The molecule has 0 amide bonds. The summed E-state index contributed by atoms with van der Waals surface area (Å²) in [6.45, 7) is 3.54. The van der Waals surface area contributed by atoms with E-state index < -0.39 is 0 Å². The van der Waals surface area contributed by atoms with E-state index in [2.05, 4.69) is 12.1 Å². The molecule has 6 heavy (non-hydrogen) atoms. The summed E-state index contributed by atoms with van der Waals surface area (Å²) in [4.78, 5) is 0. The van der Waals surface area contributed by atoms with Crippen molar-refractivity contribution in [1.29, 1.82) is 0 Å². The van der Waals surface area contributed by atoms with Gasteiger partial charge in [-0.15, -0.1) is 18.5 Å². The molecule has 0 radical (unpaired) electrons. The first-order chi connectivity index (χ1) is 2.91. The molecule has 0 N–H and O–H groups in total. The molecular weight excluding hydrogens is 88.1 g/mol. The van der Waals surface area contributed by atoms with Gasteiger partial charge < -0.3 is 0 Å². The maximum absolute atomic E-state index is 4.98. The van der Waals surface area contributed by atoms with Crippen LogP contribution in [0.5, 0.6) is 0 Å². The van der Waals surface area contributed by atoms with Crippen LogP contribution in [0.4, 0.5) is 0 Å². The fourth-order valence-electron chi connectivity index (χ4n) is 0.185. The van der Waals surface area contributed by atoms with Gasteiger partial charge in [-0.1, -0.05) is 6.08 Å². The Morgan fingerprint density at radius 1 is 2.00 bits per heavy atom. The Labute approximate surface area is 41.1 Å². The van der Waals surface area contributed by atoms with Crippen LogP contribution in [-0.4, -0.2) is 9.52 Å². The van der Waals surface area contributed by atoms with Crippen LogP contribution in [0.3, 0.4) is 0 Å². The van der Waals surface area contributed by atoms with Crippen LogP contribution >= 0.6 is 0 Å². The summed E-state index contributed by atoms with van der Waals surface area (Å²) in [7, 11) is -0.169. The first-order valence-electron chi connectivity index (χ1n) is 1.96. The Morgan fingerprint density at radius 3 is 2.83 bits per heavy atom. The summed E-state index contributed by atoms with van der Waals surface area (Å²) in [5.41, 5.74) is 2.64. The Hall–Kier alpha value is -0.483. The van der Waals surface area contributed by atoms with Gasteiger partial charge >= 0.3 is 0 Å². The molecular formula is C5H8Si. The standard InChI is InChI=1S/C5H8Si/c1-3-5-6-4-2/h2-3H,1,5-6H2. The predicted molar refractivity (Wildman–Crippen MR) is 32.4 cm³/mol.